The summed E-state index contributed by atoms with van der Waals surface area (Å²) in [4.78, 5) is 3.48. The number of aromatic nitrogens is 1. The first-order valence-electron chi connectivity index (χ1n) is 5.26. The number of nitrogen functional groups attached to an aromatic ring is 1. The average molecular weight is 271 g/mol. The summed E-state index contributed by atoms with van der Waals surface area (Å²) in [6.07, 6.45) is 0. The summed E-state index contributed by atoms with van der Waals surface area (Å²) >= 11 is 0. The molecule has 3 N–H and O–H groups in total. The van der Waals surface area contributed by atoms with E-state index in [4.69, 9.17) is 5.73 Å². The van der Waals surface area contributed by atoms with Crippen molar-refractivity contribution in [3.63, 3.8) is 0 Å². The van der Waals surface area contributed by atoms with Gasteiger partial charge in [-0.15, -0.1) is 0 Å². The Hall–Kier alpha value is -2.31. The molecule has 100 valence electrons. The highest BCUT2D eigenvalue weighted by Gasteiger charge is 2.10. The topological polar surface area (TPSA) is 50.9 Å². The van der Waals surface area contributed by atoms with E-state index >= 15 is 0 Å². The number of nitrogens with one attached hydrogen (secondary N) is 1. The van der Waals surface area contributed by atoms with Crippen molar-refractivity contribution in [3.8, 4) is 0 Å². The van der Waals surface area contributed by atoms with Crippen molar-refractivity contribution >= 4 is 11.6 Å². The maximum absolute atomic E-state index is 13.3. The number of hydrogen-bond acceptors (Lipinski definition) is 3. The zero-order chi connectivity index (χ0) is 14.0. The zero-order valence-electron chi connectivity index (χ0n) is 9.55. The number of benzene rings is 1. The lowest BCUT2D eigenvalue weighted by Gasteiger charge is -2.08. The van der Waals surface area contributed by atoms with E-state index in [1.165, 1.54) is 6.07 Å². The van der Waals surface area contributed by atoms with Gasteiger partial charge in [0.25, 0.3) is 0 Å². The van der Waals surface area contributed by atoms with Crippen LogP contribution in [0.15, 0.2) is 24.3 Å². The smallest absolute Gasteiger partial charge is 0.168 e. The average Bonchev–Trinajstić information content (AvgIpc) is 2.36. The van der Waals surface area contributed by atoms with Crippen LogP contribution < -0.4 is 11.1 Å². The fourth-order valence-corrected chi connectivity index (χ4v) is 1.44. The number of rotatable bonds is 3. The van der Waals surface area contributed by atoms with Gasteiger partial charge in [-0.1, -0.05) is 6.07 Å². The molecule has 0 aliphatic rings. The molecule has 0 spiro atoms. The third-order valence-corrected chi connectivity index (χ3v) is 2.40. The SMILES string of the molecule is Nc1nc(NCc2ccc(F)c(F)c2)c(F)cc1F. The van der Waals surface area contributed by atoms with Crippen LogP contribution >= 0.6 is 0 Å². The predicted molar refractivity (Wildman–Crippen MR) is 62.3 cm³/mol. The van der Waals surface area contributed by atoms with Gasteiger partial charge in [0, 0.05) is 12.6 Å². The first-order chi connectivity index (χ1) is 8.97. The van der Waals surface area contributed by atoms with Crippen molar-refractivity contribution in [2.24, 2.45) is 0 Å². The third-order valence-electron chi connectivity index (χ3n) is 2.40. The fourth-order valence-electron chi connectivity index (χ4n) is 1.44. The molecule has 3 nitrogen and oxygen atoms in total. The second-order valence-electron chi connectivity index (χ2n) is 3.79. The molecule has 0 radical (unpaired) electrons. The second kappa shape index (κ2) is 5.13. The van der Waals surface area contributed by atoms with E-state index in [0.717, 1.165) is 12.1 Å². The molecule has 1 aromatic carbocycles. The van der Waals surface area contributed by atoms with Crippen LogP contribution in [0.3, 0.4) is 0 Å². The van der Waals surface area contributed by atoms with E-state index in [1.807, 2.05) is 0 Å². The molecule has 0 unspecified atom stereocenters. The molecule has 0 amide bonds. The lowest BCUT2D eigenvalue weighted by molar-refractivity contribution is 0.507. The summed E-state index contributed by atoms with van der Waals surface area (Å²) in [5.74, 6) is -4.58. The molecule has 0 saturated carbocycles. The van der Waals surface area contributed by atoms with Crippen LogP contribution in [0.4, 0.5) is 29.2 Å². The van der Waals surface area contributed by atoms with E-state index < -0.39 is 29.1 Å². The Bertz CT molecular complexity index is 616. The van der Waals surface area contributed by atoms with Crippen molar-refractivity contribution in [1.29, 1.82) is 0 Å². The second-order valence-corrected chi connectivity index (χ2v) is 3.79. The fraction of sp³-hybridized carbons (Fsp3) is 0.0833. The van der Waals surface area contributed by atoms with E-state index in [0.29, 0.717) is 11.6 Å². The first-order valence-corrected chi connectivity index (χ1v) is 5.26. The third kappa shape index (κ3) is 2.93. The molecular formula is C12H9F4N3. The molecule has 2 aromatic rings. The van der Waals surface area contributed by atoms with Crippen LogP contribution in [-0.2, 0) is 6.54 Å². The van der Waals surface area contributed by atoms with Gasteiger partial charge in [0.1, 0.15) is 0 Å². The molecule has 1 aromatic heterocycles. The van der Waals surface area contributed by atoms with Gasteiger partial charge in [0.05, 0.1) is 0 Å². The van der Waals surface area contributed by atoms with Gasteiger partial charge in [0.15, 0.2) is 34.9 Å². The largest absolute Gasteiger partial charge is 0.381 e. The molecule has 7 heteroatoms. The van der Waals surface area contributed by atoms with Crippen LogP contribution in [0.2, 0.25) is 0 Å². The predicted octanol–water partition coefficient (Wildman–Crippen LogP) is 2.83. The molecule has 0 fully saturated rings. The van der Waals surface area contributed by atoms with Gasteiger partial charge in [-0.25, -0.2) is 22.5 Å². The maximum Gasteiger partial charge on any atom is 0.168 e. The standard InChI is InChI=1S/C12H9F4N3/c13-7-2-1-6(3-8(7)14)5-18-12-10(16)4-9(15)11(17)19-12/h1-4H,5H2,(H3,17,18,19). The first kappa shape index (κ1) is 13.1. The van der Waals surface area contributed by atoms with Crippen LogP contribution in [-0.4, -0.2) is 4.98 Å². The summed E-state index contributed by atoms with van der Waals surface area (Å²) in [5.41, 5.74) is 5.58. The van der Waals surface area contributed by atoms with E-state index in [1.54, 1.807) is 0 Å². The quantitative estimate of drug-likeness (QED) is 0.844. The Morgan fingerprint density at radius 1 is 0.947 bits per heavy atom. The number of nitrogens with zero attached hydrogens (tertiary/aromatic N) is 1. The van der Waals surface area contributed by atoms with Crippen LogP contribution in [0.5, 0.6) is 0 Å². The number of hydrogen-bond donors (Lipinski definition) is 2. The molecule has 0 aliphatic carbocycles. The van der Waals surface area contributed by atoms with Crippen molar-refractivity contribution in [2.75, 3.05) is 11.1 Å². The maximum atomic E-state index is 13.3. The Morgan fingerprint density at radius 3 is 2.37 bits per heavy atom. The van der Waals surface area contributed by atoms with E-state index in [9.17, 15) is 17.6 Å². The molecule has 0 saturated heterocycles. The van der Waals surface area contributed by atoms with Gasteiger partial charge in [-0.05, 0) is 17.7 Å². The Labute approximate surface area is 106 Å². The molecule has 1 heterocycles. The normalized spacial score (nSPS) is 10.5. The van der Waals surface area contributed by atoms with Gasteiger partial charge in [0.2, 0.25) is 0 Å². The van der Waals surface area contributed by atoms with Gasteiger partial charge in [-0.2, -0.15) is 0 Å². The highest BCUT2D eigenvalue weighted by molar-refractivity contribution is 5.45. The van der Waals surface area contributed by atoms with Crippen molar-refractivity contribution in [1.82, 2.24) is 4.98 Å². The molecule has 0 aliphatic heterocycles. The van der Waals surface area contributed by atoms with Crippen molar-refractivity contribution in [3.05, 3.63) is 53.1 Å². The molecule has 0 bridgehead atoms. The molecule has 19 heavy (non-hydrogen) atoms. The Morgan fingerprint density at radius 2 is 1.68 bits per heavy atom. The minimum Gasteiger partial charge on any atom is -0.381 e. The minimum atomic E-state index is -1.01. The number of anilines is 2. The van der Waals surface area contributed by atoms with E-state index in [2.05, 4.69) is 10.3 Å². The van der Waals surface area contributed by atoms with E-state index in [-0.39, 0.29) is 12.4 Å². The Kier molecular flexibility index (Phi) is 3.55. The number of nitrogens with two attached hydrogens (primary N) is 1. The van der Waals surface area contributed by atoms with Crippen molar-refractivity contribution in [2.45, 2.75) is 6.54 Å². The Balaban J connectivity index is 2.14. The summed E-state index contributed by atoms with van der Waals surface area (Å²) in [5, 5.41) is 2.52. The van der Waals surface area contributed by atoms with Crippen molar-refractivity contribution < 1.29 is 17.6 Å². The zero-order valence-corrected chi connectivity index (χ0v) is 9.55. The number of halogens is 4. The molecule has 0 atom stereocenters. The van der Waals surface area contributed by atoms with Gasteiger partial charge in [-0.3, -0.25) is 0 Å². The lowest BCUT2D eigenvalue weighted by atomic mass is 10.2. The van der Waals surface area contributed by atoms with Crippen LogP contribution in [0.25, 0.3) is 0 Å². The highest BCUT2D eigenvalue weighted by atomic mass is 19.2. The summed E-state index contributed by atoms with van der Waals surface area (Å²) in [6, 6.07) is 3.84. The monoisotopic (exact) mass is 271 g/mol. The van der Waals surface area contributed by atoms with Crippen LogP contribution in [0, 0.1) is 23.3 Å². The highest BCUT2D eigenvalue weighted by Crippen LogP contribution is 2.17. The summed E-state index contributed by atoms with van der Waals surface area (Å²) < 4.78 is 51.8. The molecular weight excluding hydrogens is 262 g/mol. The minimum absolute atomic E-state index is 0.00775. The van der Waals surface area contributed by atoms with Gasteiger partial charge >= 0.3 is 0 Å². The summed E-state index contributed by atoms with van der Waals surface area (Å²) in [7, 11) is 0. The van der Waals surface area contributed by atoms with Gasteiger partial charge < -0.3 is 11.1 Å². The summed E-state index contributed by atoms with van der Waals surface area (Å²) in [6.45, 7) is -0.00775. The molecule has 2 rings (SSSR count). The number of pyridine rings is 1. The van der Waals surface area contributed by atoms with Crippen LogP contribution in [0.1, 0.15) is 5.56 Å². The lowest BCUT2D eigenvalue weighted by Crippen LogP contribution is -2.07.